The molecule has 0 saturated heterocycles. The van der Waals surface area contributed by atoms with Gasteiger partial charge in [0, 0.05) is 12.7 Å². The zero-order chi connectivity index (χ0) is 13.2. The maximum absolute atomic E-state index is 12.2. The van der Waals surface area contributed by atoms with E-state index in [2.05, 4.69) is 20.8 Å². The van der Waals surface area contributed by atoms with Crippen LogP contribution in [-0.2, 0) is 18.3 Å². The number of hydrogen-bond donors (Lipinski definition) is 1. The van der Waals surface area contributed by atoms with Crippen molar-refractivity contribution in [3.8, 4) is 0 Å². The number of nitrogens with one attached hydrogen (secondary N) is 1. The molecular weight excluding hydrogens is 262 g/mol. The third kappa shape index (κ3) is 2.46. The molecule has 0 radical (unpaired) electrons. The van der Waals surface area contributed by atoms with E-state index in [1.54, 1.807) is 11.7 Å². The van der Waals surface area contributed by atoms with Crippen LogP contribution in [0.5, 0.6) is 0 Å². The SMILES string of the molecule is Cn1nnnc1S[C@H]1CCc2ccccc2NC1=O. The van der Waals surface area contributed by atoms with E-state index >= 15 is 0 Å². The van der Waals surface area contributed by atoms with Crippen molar-refractivity contribution in [3.05, 3.63) is 29.8 Å². The van der Waals surface area contributed by atoms with Gasteiger partial charge in [-0.05, 0) is 34.9 Å². The zero-order valence-corrected chi connectivity index (χ0v) is 11.2. The summed E-state index contributed by atoms with van der Waals surface area (Å²) in [5, 5.41) is 14.7. The van der Waals surface area contributed by atoms with Gasteiger partial charge >= 0.3 is 0 Å². The summed E-state index contributed by atoms with van der Waals surface area (Å²) in [6.45, 7) is 0. The summed E-state index contributed by atoms with van der Waals surface area (Å²) < 4.78 is 1.58. The number of aryl methyl sites for hydroxylation is 2. The van der Waals surface area contributed by atoms with Crippen LogP contribution in [0.25, 0.3) is 0 Å². The molecule has 0 aliphatic carbocycles. The van der Waals surface area contributed by atoms with Gasteiger partial charge < -0.3 is 5.32 Å². The summed E-state index contributed by atoms with van der Waals surface area (Å²) in [7, 11) is 1.77. The summed E-state index contributed by atoms with van der Waals surface area (Å²) in [6, 6.07) is 7.90. The fraction of sp³-hybridized carbons (Fsp3) is 0.333. The van der Waals surface area contributed by atoms with Crippen molar-refractivity contribution < 1.29 is 4.79 Å². The Morgan fingerprint density at radius 3 is 3.05 bits per heavy atom. The van der Waals surface area contributed by atoms with E-state index in [1.165, 1.54) is 17.3 Å². The van der Waals surface area contributed by atoms with Gasteiger partial charge in [0.25, 0.3) is 0 Å². The number of tetrazole rings is 1. The predicted octanol–water partition coefficient (Wildman–Crippen LogP) is 1.26. The van der Waals surface area contributed by atoms with Gasteiger partial charge in [-0.25, -0.2) is 4.68 Å². The summed E-state index contributed by atoms with van der Waals surface area (Å²) in [5.74, 6) is 0.0120. The Hall–Kier alpha value is -1.89. The summed E-state index contributed by atoms with van der Waals surface area (Å²) in [6.07, 6.45) is 1.65. The Bertz CT molecular complexity index is 612. The van der Waals surface area contributed by atoms with Gasteiger partial charge in [-0.1, -0.05) is 30.0 Å². The molecule has 6 nitrogen and oxygen atoms in total. The highest BCUT2D eigenvalue weighted by Crippen LogP contribution is 2.29. The average molecular weight is 275 g/mol. The number of amides is 1. The van der Waals surface area contributed by atoms with Crippen molar-refractivity contribution in [2.24, 2.45) is 7.05 Å². The van der Waals surface area contributed by atoms with E-state index in [4.69, 9.17) is 0 Å². The number of nitrogens with zero attached hydrogens (tertiary/aromatic N) is 4. The highest BCUT2D eigenvalue weighted by atomic mass is 32.2. The van der Waals surface area contributed by atoms with Gasteiger partial charge in [0.2, 0.25) is 11.1 Å². The molecule has 0 saturated carbocycles. The molecule has 0 bridgehead atoms. The third-order valence-corrected chi connectivity index (χ3v) is 4.36. The number of aromatic nitrogens is 4. The average Bonchev–Trinajstić information content (AvgIpc) is 2.73. The Labute approximate surface area is 114 Å². The molecule has 7 heteroatoms. The quantitative estimate of drug-likeness (QED) is 0.893. The molecule has 1 aromatic carbocycles. The van der Waals surface area contributed by atoms with Gasteiger partial charge in [0.1, 0.15) is 0 Å². The van der Waals surface area contributed by atoms with Crippen LogP contribution in [-0.4, -0.2) is 31.4 Å². The van der Waals surface area contributed by atoms with E-state index in [0.717, 1.165) is 18.5 Å². The molecule has 2 aromatic rings. The molecule has 0 fully saturated rings. The molecule has 0 unspecified atom stereocenters. The Morgan fingerprint density at radius 2 is 2.26 bits per heavy atom. The lowest BCUT2D eigenvalue weighted by Crippen LogP contribution is -2.24. The molecule has 1 atom stereocenters. The van der Waals surface area contributed by atoms with E-state index in [1.807, 2.05) is 24.3 Å². The van der Waals surface area contributed by atoms with Crippen LogP contribution >= 0.6 is 11.8 Å². The number of fused-ring (bicyclic) bond motifs is 1. The van der Waals surface area contributed by atoms with Gasteiger partial charge in [-0.2, -0.15) is 0 Å². The van der Waals surface area contributed by atoms with Crippen LogP contribution in [0, 0.1) is 0 Å². The highest BCUT2D eigenvalue weighted by Gasteiger charge is 2.26. The lowest BCUT2D eigenvalue weighted by molar-refractivity contribution is -0.115. The van der Waals surface area contributed by atoms with Crippen molar-refractivity contribution in [3.63, 3.8) is 0 Å². The van der Waals surface area contributed by atoms with Gasteiger partial charge in [-0.3, -0.25) is 4.79 Å². The summed E-state index contributed by atoms with van der Waals surface area (Å²) >= 11 is 1.40. The van der Waals surface area contributed by atoms with Crippen LogP contribution in [0.1, 0.15) is 12.0 Å². The van der Waals surface area contributed by atoms with Crippen LogP contribution < -0.4 is 5.32 Å². The molecule has 1 aromatic heterocycles. The van der Waals surface area contributed by atoms with Gasteiger partial charge in [0.05, 0.1) is 5.25 Å². The minimum atomic E-state index is -0.169. The maximum Gasteiger partial charge on any atom is 0.237 e. The van der Waals surface area contributed by atoms with Crippen molar-refractivity contribution >= 4 is 23.4 Å². The van der Waals surface area contributed by atoms with Crippen molar-refractivity contribution in [2.45, 2.75) is 23.2 Å². The van der Waals surface area contributed by atoms with Gasteiger partial charge in [0.15, 0.2) is 0 Å². The lowest BCUT2D eigenvalue weighted by atomic mass is 10.1. The monoisotopic (exact) mass is 275 g/mol. The Morgan fingerprint density at radius 1 is 1.42 bits per heavy atom. The predicted molar refractivity (Wildman–Crippen MR) is 71.8 cm³/mol. The number of benzene rings is 1. The van der Waals surface area contributed by atoms with E-state index in [-0.39, 0.29) is 11.2 Å². The standard InChI is InChI=1S/C12H13N5OS/c1-17-12(14-15-16-17)19-10-7-6-8-4-2-3-5-9(8)13-11(10)18/h2-5,10H,6-7H2,1H3,(H,13,18)/t10-/m0/s1. The maximum atomic E-state index is 12.2. The van der Waals surface area contributed by atoms with Crippen LogP contribution in [0.2, 0.25) is 0 Å². The molecule has 0 spiro atoms. The van der Waals surface area contributed by atoms with Crippen LogP contribution in [0.4, 0.5) is 5.69 Å². The summed E-state index contributed by atoms with van der Waals surface area (Å²) in [5.41, 5.74) is 2.08. The minimum Gasteiger partial charge on any atom is -0.325 e. The van der Waals surface area contributed by atoms with Crippen molar-refractivity contribution in [1.82, 2.24) is 20.2 Å². The number of rotatable bonds is 2. The molecule has 19 heavy (non-hydrogen) atoms. The second-order valence-electron chi connectivity index (χ2n) is 4.38. The first-order chi connectivity index (χ1) is 9.24. The first-order valence-corrected chi connectivity index (χ1v) is 6.90. The lowest BCUT2D eigenvalue weighted by Gasteiger charge is -2.11. The van der Waals surface area contributed by atoms with Crippen LogP contribution in [0.3, 0.4) is 0 Å². The second-order valence-corrected chi connectivity index (χ2v) is 5.55. The number of carbonyl (C=O) groups excluding carboxylic acids is 1. The second kappa shape index (κ2) is 5.00. The zero-order valence-electron chi connectivity index (χ0n) is 10.4. The normalized spacial score (nSPS) is 18.6. The molecule has 1 N–H and O–H groups in total. The van der Waals surface area contributed by atoms with E-state index < -0.39 is 0 Å². The third-order valence-electron chi connectivity index (χ3n) is 3.07. The molecular formula is C12H13N5OS. The first kappa shape index (κ1) is 12.2. The highest BCUT2D eigenvalue weighted by molar-refractivity contribution is 8.00. The number of thioether (sulfide) groups is 1. The number of para-hydroxylation sites is 1. The smallest absolute Gasteiger partial charge is 0.237 e. The van der Waals surface area contributed by atoms with Crippen molar-refractivity contribution in [1.29, 1.82) is 0 Å². The minimum absolute atomic E-state index is 0.0120. The largest absolute Gasteiger partial charge is 0.325 e. The number of hydrogen-bond acceptors (Lipinski definition) is 5. The molecule has 3 rings (SSSR count). The molecule has 1 amide bonds. The number of anilines is 1. The van der Waals surface area contributed by atoms with Gasteiger partial charge in [-0.15, -0.1) is 5.10 Å². The molecule has 98 valence electrons. The molecule has 1 aliphatic rings. The first-order valence-electron chi connectivity index (χ1n) is 6.02. The Balaban J connectivity index is 1.79. The van der Waals surface area contributed by atoms with E-state index in [9.17, 15) is 4.79 Å². The Kier molecular flexibility index (Phi) is 3.20. The van der Waals surface area contributed by atoms with E-state index in [0.29, 0.717) is 5.16 Å². The summed E-state index contributed by atoms with van der Waals surface area (Å²) in [4.78, 5) is 12.2. The number of carbonyl (C=O) groups is 1. The topological polar surface area (TPSA) is 72.7 Å². The molecule has 2 heterocycles. The van der Waals surface area contributed by atoms with Crippen LogP contribution in [0.15, 0.2) is 29.4 Å². The van der Waals surface area contributed by atoms with Crippen molar-refractivity contribution in [2.75, 3.05) is 5.32 Å². The fourth-order valence-corrected chi connectivity index (χ4v) is 2.98. The molecule has 1 aliphatic heterocycles. The fourth-order valence-electron chi connectivity index (χ4n) is 2.05.